The summed E-state index contributed by atoms with van der Waals surface area (Å²) in [6, 6.07) is 4.12. The van der Waals surface area contributed by atoms with Crippen molar-refractivity contribution >= 4 is 29.7 Å². The first kappa shape index (κ1) is 30.2. The minimum Gasteiger partial charge on any atom is -0.444 e. The molecular weight excluding hydrogens is 510 g/mol. The van der Waals surface area contributed by atoms with Crippen LogP contribution in [0.4, 0.5) is 4.79 Å². The Kier molecular flexibility index (Phi) is 11.0. The van der Waals surface area contributed by atoms with Crippen molar-refractivity contribution in [1.29, 1.82) is 0 Å². The third-order valence-electron chi connectivity index (χ3n) is 5.95. The molecule has 2 aliphatic heterocycles. The van der Waals surface area contributed by atoms with Crippen molar-refractivity contribution in [3.05, 3.63) is 34.9 Å². The van der Waals surface area contributed by atoms with E-state index in [1.807, 2.05) is 0 Å². The molecule has 12 nitrogen and oxygen atoms in total. The van der Waals surface area contributed by atoms with E-state index in [-0.39, 0.29) is 18.4 Å². The highest BCUT2D eigenvalue weighted by Crippen LogP contribution is 2.30. The molecule has 0 aromatic heterocycles. The molecule has 2 N–H and O–H groups in total. The lowest BCUT2D eigenvalue weighted by molar-refractivity contribution is -0.136. The van der Waals surface area contributed by atoms with Gasteiger partial charge >= 0.3 is 6.09 Å². The van der Waals surface area contributed by atoms with Crippen molar-refractivity contribution in [3.63, 3.8) is 0 Å². The van der Waals surface area contributed by atoms with Crippen LogP contribution in [0.15, 0.2) is 18.2 Å². The lowest BCUT2D eigenvalue weighted by Crippen LogP contribution is -2.54. The number of carbonyl (C=O) groups excluding carboxylic acids is 5. The summed E-state index contributed by atoms with van der Waals surface area (Å²) in [6.45, 7) is 8.10. The fraction of sp³-hybridized carbons (Fsp3) is 0.593. The Morgan fingerprint density at radius 2 is 1.64 bits per heavy atom. The molecule has 0 spiro atoms. The van der Waals surface area contributed by atoms with Crippen LogP contribution in [0.25, 0.3) is 0 Å². The van der Waals surface area contributed by atoms with Crippen molar-refractivity contribution in [2.75, 3.05) is 46.2 Å². The molecule has 1 unspecified atom stereocenters. The average molecular weight is 548 g/mol. The van der Waals surface area contributed by atoms with Gasteiger partial charge in [-0.3, -0.25) is 29.4 Å². The van der Waals surface area contributed by atoms with E-state index in [9.17, 15) is 24.0 Å². The van der Waals surface area contributed by atoms with Crippen LogP contribution < -0.4 is 10.6 Å². The molecule has 1 saturated heterocycles. The summed E-state index contributed by atoms with van der Waals surface area (Å²) < 4.78 is 21.6. The number of hydrogen-bond donors (Lipinski definition) is 2. The molecule has 214 valence electrons. The summed E-state index contributed by atoms with van der Waals surface area (Å²) in [4.78, 5) is 62.2. The van der Waals surface area contributed by atoms with Crippen LogP contribution in [0.3, 0.4) is 0 Å². The van der Waals surface area contributed by atoms with E-state index in [4.69, 9.17) is 18.9 Å². The van der Waals surface area contributed by atoms with Crippen molar-refractivity contribution in [3.8, 4) is 0 Å². The summed E-state index contributed by atoms with van der Waals surface area (Å²) in [5.41, 5.74) is 0.776. The lowest BCUT2D eigenvalue weighted by atomic mass is 9.99. The summed E-state index contributed by atoms with van der Waals surface area (Å²) in [6.07, 6.45) is 0.878. The van der Waals surface area contributed by atoms with Gasteiger partial charge in [-0.25, -0.2) is 4.79 Å². The Balaban J connectivity index is 1.28. The van der Waals surface area contributed by atoms with Crippen molar-refractivity contribution in [1.82, 2.24) is 15.5 Å². The lowest BCUT2D eigenvalue weighted by Gasteiger charge is -2.27. The molecule has 0 bridgehead atoms. The first-order chi connectivity index (χ1) is 18.6. The van der Waals surface area contributed by atoms with Crippen molar-refractivity contribution < 1.29 is 42.9 Å². The highest BCUT2D eigenvalue weighted by atomic mass is 16.6. The van der Waals surface area contributed by atoms with Gasteiger partial charge in [-0.05, 0) is 51.7 Å². The molecule has 0 saturated carbocycles. The van der Waals surface area contributed by atoms with Gasteiger partial charge in [-0.2, -0.15) is 0 Å². The predicted molar refractivity (Wildman–Crippen MR) is 138 cm³/mol. The number of piperidine rings is 1. The number of fused-ring (bicyclic) bond motifs is 1. The topological polar surface area (TPSA) is 150 Å². The maximum atomic E-state index is 13.1. The molecule has 1 aromatic rings. The molecule has 3 rings (SSSR count). The number of carbonyl (C=O) groups is 5. The number of benzene rings is 1. The maximum absolute atomic E-state index is 13.1. The zero-order valence-corrected chi connectivity index (χ0v) is 22.7. The molecule has 2 heterocycles. The number of nitrogens with zero attached hydrogens (tertiary/aromatic N) is 1. The van der Waals surface area contributed by atoms with E-state index in [0.29, 0.717) is 64.6 Å². The van der Waals surface area contributed by atoms with Crippen LogP contribution in [0.5, 0.6) is 0 Å². The SMILES string of the molecule is CC(C)(C)OC(=O)NCCOCCOCCOCCCc1cccc2c1C(=O)N(C1CCC(=O)NC1=O)C2=O. The van der Waals surface area contributed by atoms with Crippen LogP contribution in [-0.4, -0.2) is 92.5 Å². The van der Waals surface area contributed by atoms with Gasteiger partial charge in [0.25, 0.3) is 11.8 Å². The van der Waals surface area contributed by atoms with Gasteiger partial charge in [0.1, 0.15) is 11.6 Å². The number of aryl methyl sites for hydroxylation is 1. The second-order valence-electron chi connectivity index (χ2n) is 10.2. The summed E-state index contributed by atoms with van der Waals surface area (Å²) in [5, 5.41) is 4.81. The van der Waals surface area contributed by atoms with Gasteiger partial charge in [0.2, 0.25) is 11.8 Å². The minimum atomic E-state index is -0.981. The monoisotopic (exact) mass is 547 g/mol. The van der Waals surface area contributed by atoms with Gasteiger partial charge in [0, 0.05) is 19.6 Å². The Labute approximate surface area is 227 Å². The summed E-state index contributed by atoms with van der Waals surface area (Å²) >= 11 is 0. The number of alkyl carbamates (subject to hydrolysis) is 1. The van der Waals surface area contributed by atoms with E-state index in [1.165, 1.54) is 0 Å². The highest BCUT2D eigenvalue weighted by Gasteiger charge is 2.45. The summed E-state index contributed by atoms with van der Waals surface area (Å²) in [5.74, 6) is -2.04. The van der Waals surface area contributed by atoms with Crippen molar-refractivity contribution in [2.45, 2.75) is 58.1 Å². The normalized spacial score (nSPS) is 17.3. The Morgan fingerprint density at radius 3 is 2.31 bits per heavy atom. The van der Waals surface area contributed by atoms with E-state index in [0.717, 1.165) is 10.5 Å². The van der Waals surface area contributed by atoms with Crippen LogP contribution in [0, 0.1) is 0 Å². The van der Waals surface area contributed by atoms with E-state index >= 15 is 0 Å². The molecule has 1 aromatic carbocycles. The van der Waals surface area contributed by atoms with Gasteiger partial charge in [-0.15, -0.1) is 0 Å². The Bertz CT molecular complexity index is 1070. The van der Waals surface area contributed by atoms with Gasteiger partial charge < -0.3 is 24.3 Å². The molecule has 1 atom stereocenters. The number of rotatable bonds is 14. The minimum absolute atomic E-state index is 0.0814. The third-order valence-corrected chi connectivity index (χ3v) is 5.95. The maximum Gasteiger partial charge on any atom is 0.407 e. The molecule has 39 heavy (non-hydrogen) atoms. The van der Waals surface area contributed by atoms with Gasteiger partial charge in [0.15, 0.2) is 0 Å². The van der Waals surface area contributed by atoms with E-state index in [2.05, 4.69) is 10.6 Å². The highest BCUT2D eigenvalue weighted by molar-refractivity contribution is 6.24. The largest absolute Gasteiger partial charge is 0.444 e. The number of imide groups is 2. The van der Waals surface area contributed by atoms with Crippen LogP contribution >= 0.6 is 0 Å². The second-order valence-corrected chi connectivity index (χ2v) is 10.2. The first-order valence-corrected chi connectivity index (χ1v) is 13.1. The van der Waals surface area contributed by atoms with Crippen LogP contribution in [-0.2, 0) is 35.0 Å². The number of ether oxygens (including phenoxy) is 4. The smallest absolute Gasteiger partial charge is 0.407 e. The Morgan fingerprint density at radius 1 is 0.974 bits per heavy atom. The molecule has 12 heteroatoms. The molecule has 0 radical (unpaired) electrons. The first-order valence-electron chi connectivity index (χ1n) is 13.1. The quantitative estimate of drug-likeness (QED) is 0.262. The zero-order valence-electron chi connectivity index (χ0n) is 22.7. The fourth-order valence-electron chi connectivity index (χ4n) is 4.24. The number of hydrogen-bond acceptors (Lipinski definition) is 9. The molecule has 2 aliphatic rings. The Hall–Kier alpha value is -3.35. The molecule has 0 aliphatic carbocycles. The second kappa shape index (κ2) is 14.2. The summed E-state index contributed by atoms with van der Waals surface area (Å²) in [7, 11) is 0. The van der Waals surface area contributed by atoms with Crippen LogP contribution in [0.2, 0.25) is 0 Å². The standard InChI is InChI=1S/C27H37N3O9/c1-27(2,3)39-26(35)28-11-13-37-15-17-38-16-14-36-12-5-7-18-6-4-8-19-22(18)25(34)30(24(19)33)20-9-10-21(31)29-23(20)32/h4,6,8,20H,5,7,9-17H2,1-3H3,(H,28,35)(H,29,31,32). The average Bonchev–Trinajstić information content (AvgIpc) is 3.11. The van der Waals surface area contributed by atoms with E-state index < -0.39 is 41.4 Å². The zero-order chi connectivity index (χ0) is 28.4. The third kappa shape index (κ3) is 8.84. The number of nitrogens with one attached hydrogen (secondary N) is 2. The fourth-order valence-corrected chi connectivity index (χ4v) is 4.24. The number of amides is 5. The van der Waals surface area contributed by atoms with Crippen molar-refractivity contribution in [2.24, 2.45) is 0 Å². The molecule has 5 amide bonds. The van der Waals surface area contributed by atoms with E-state index in [1.54, 1.807) is 39.0 Å². The predicted octanol–water partition coefficient (Wildman–Crippen LogP) is 1.59. The van der Waals surface area contributed by atoms with Gasteiger partial charge in [0.05, 0.1) is 44.2 Å². The molecule has 1 fully saturated rings. The van der Waals surface area contributed by atoms with Crippen LogP contribution in [0.1, 0.15) is 66.3 Å². The van der Waals surface area contributed by atoms with Gasteiger partial charge in [-0.1, -0.05) is 12.1 Å². The molecular formula is C27H37N3O9.